The number of hydrogen-bond acceptors (Lipinski definition) is 5. The molecule has 2 aromatic rings. The van der Waals surface area contributed by atoms with Crippen molar-refractivity contribution in [3.05, 3.63) is 33.3 Å². The summed E-state index contributed by atoms with van der Waals surface area (Å²) in [6, 6.07) is 2.16. The highest BCUT2D eigenvalue weighted by molar-refractivity contribution is 7.71. The van der Waals surface area contributed by atoms with Crippen molar-refractivity contribution in [2.24, 2.45) is 0 Å². The van der Waals surface area contributed by atoms with Crippen molar-refractivity contribution < 1.29 is 0 Å². The maximum atomic E-state index is 8.96. The number of allylic oxidation sites excluding steroid dienone is 3. The monoisotopic (exact) mass is 304 g/mol. The molecule has 0 saturated carbocycles. The van der Waals surface area contributed by atoms with Crippen LogP contribution in [0.15, 0.2) is 23.4 Å². The van der Waals surface area contributed by atoms with E-state index in [1.54, 1.807) is 6.08 Å². The summed E-state index contributed by atoms with van der Waals surface area (Å²) < 4.78 is 0.500. The summed E-state index contributed by atoms with van der Waals surface area (Å²) in [6.07, 6.45) is 5.36. The van der Waals surface area contributed by atoms with Crippen molar-refractivity contribution in [1.82, 2.24) is 20.2 Å². The first-order valence-corrected chi connectivity index (χ1v) is 6.68. The standard InChI is InChI=1S/C12H9ClN6S/c13-12-16-9(8-10(17-12)18-19-11(8)20)15-7-3-1-2-6(4-7)5-14/h3-4H,1-2H2,(H3,15,16,17,18,19,20). The molecule has 0 spiro atoms. The number of fused-ring (bicyclic) bond motifs is 1. The van der Waals surface area contributed by atoms with E-state index in [-0.39, 0.29) is 5.28 Å². The molecule has 0 bridgehead atoms. The zero-order valence-corrected chi connectivity index (χ0v) is 11.8. The molecular weight excluding hydrogens is 296 g/mol. The van der Waals surface area contributed by atoms with Gasteiger partial charge in [0.1, 0.15) is 10.5 Å². The van der Waals surface area contributed by atoms with E-state index in [0.717, 1.165) is 24.1 Å². The SMILES string of the molecule is N#CC1=CC(Nc2nc(Cl)nc3[nH][nH]c(=S)c23)=CCC1. The maximum Gasteiger partial charge on any atom is 0.226 e. The minimum atomic E-state index is 0.117. The topological polar surface area (TPSA) is 93.2 Å². The van der Waals surface area contributed by atoms with Crippen molar-refractivity contribution in [2.75, 3.05) is 5.32 Å². The lowest BCUT2D eigenvalue weighted by atomic mass is 10.0. The highest BCUT2D eigenvalue weighted by atomic mass is 35.5. The molecule has 1 aliphatic rings. The van der Waals surface area contributed by atoms with Gasteiger partial charge in [0.25, 0.3) is 0 Å². The summed E-state index contributed by atoms with van der Waals surface area (Å²) >= 11 is 11.1. The molecule has 100 valence electrons. The minimum absolute atomic E-state index is 0.117. The van der Waals surface area contributed by atoms with E-state index in [2.05, 4.69) is 31.6 Å². The van der Waals surface area contributed by atoms with E-state index in [0.29, 0.717) is 21.5 Å². The third kappa shape index (κ3) is 2.31. The number of nitriles is 1. The van der Waals surface area contributed by atoms with Gasteiger partial charge in [0.2, 0.25) is 5.28 Å². The lowest BCUT2D eigenvalue weighted by Crippen LogP contribution is -2.04. The van der Waals surface area contributed by atoms with Crippen LogP contribution in [0.4, 0.5) is 5.82 Å². The van der Waals surface area contributed by atoms with Gasteiger partial charge in [-0.2, -0.15) is 15.2 Å². The van der Waals surface area contributed by atoms with Gasteiger partial charge in [-0.3, -0.25) is 10.2 Å². The van der Waals surface area contributed by atoms with Crippen LogP contribution in [0.1, 0.15) is 12.8 Å². The molecule has 0 unspecified atom stereocenters. The summed E-state index contributed by atoms with van der Waals surface area (Å²) in [5, 5.41) is 18.5. The van der Waals surface area contributed by atoms with Crippen LogP contribution < -0.4 is 5.32 Å². The fourth-order valence-corrected chi connectivity index (χ4v) is 2.44. The maximum absolute atomic E-state index is 8.96. The Morgan fingerprint density at radius 1 is 1.40 bits per heavy atom. The normalized spacial score (nSPS) is 14.6. The Morgan fingerprint density at radius 2 is 2.25 bits per heavy atom. The first-order valence-electron chi connectivity index (χ1n) is 5.89. The second-order valence-corrected chi connectivity index (χ2v) is 4.99. The van der Waals surface area contributed by atoms with Crippen molar-refractivity contribution >= 4 is 40.7 Å². The average molecular weight is 305 g/mol. The van der Waals surface area contributed by atoms with Crippen molar-refractivity contribution in [3.63, 3.8) is 0 Å². The third-order valence-electron chi connectivity index (χ3n) is 2.92. The highest BCUT2D eigenvalue weighted by Gasteiger charge is 2.12. The minimum Gasteiger partial charge on any atom is -0.340 e. The summed E-state index contributed by atoms with van der Waals surface area (Å²) in [6.45, 7) is 0. The van der Waals surface area contributed by atoms with Gasteiger partial charge >= 0.3 is 0 Å². The molecule has 0 saturated heterocycles. The molecule has 8 heteroatoms. The molecule has 0 radical (unpaired) electrons. The molecule has 0 aromatic carbocycles. The first kappa shape index (κ1) is 12.8. The third-order valence-corrected chi connectivity index (χ3v) is 3.39. The number of nitrogens with one attached hydrogen (secondary N) is 3. The second kappa shape index (κ2) is 5.07. The second-order valence-electron chi connectivity index (χ2n) is 4.25. The number of H-pyrrole nitrogens is 2. The number of anilines is 1. The quantitative estimate of drug-likeness (QED) is 0.585. The molecule has 0 atom stereocenters. The molecule has 0 fully saturated rings. The van der Waals surface area contributed by atoms with Gasteiger partial charge in [-0.1, -0.05) is 18.3 Å². The number of nitrogens with zero attached hydrogens (tertiary/aromatic N) is 3. The van der Waals surface area contributed by atoms with Crippen LogP contribution in [0, 0.1) is 16.0 Å². The lowest BCUT2D eigenvalue weighted by molar-refractivity contribution is 0.976. The van der Waals surface area contributed by atoms with Crippen LogP contribution in [0.3, 0.4) is 0 Å². The lowest BCUT2D eigenvalue weighted by Gasteiger charge is -2.12. The Morgan fingerprint density at radius 3 is 3.05 bits per heavy atom. The Kier molecular flexibility index (Phi) is 3.26. The fraction of sp³-hybridized carbons (Fsp3) is 0.167. The van der Waals surface area contributed by atoms with Crippen LogP contribution in [0.25, 0.3) is 11.0 Å². The van der Waals surface area contributed by atoms with Crippen molar-refractivity contribution in [1.29, 1.82) is 5.26 Å². The Hall–Kier alpha value is -2.17. The van der Waals surface area contributed by atoms with Crippen LogP contribution in [-0.2, 0) is 0 Å². The zero-order valence-electron chi connectivity index (χ0n) is 10.2. The molecule has 3 rings (SSSR count). The fourth-order valence-electron chi connectivity index (χ4n) is 2.02. The predicted octanol–water partition coefficient (Wildman–Crippen LogP) is 3.21. The van der Waals surface area contributed by atoms with E-state index in [4.69, 9.17) is 29.1 Å². The molecule has 3 N–H and O–H groups in total. The summed E-state index contributed by atoms with van der Waals surface area (Å²) in [5.41, 5.74) is 2.07. The number of halogens is 1. The molecule has 2 heterocycles. The van der Waals surface area contributed by atoms with E-state index in [9.17, 15) is 0 Å². The van der Waals surface area contributed by atoms with E-state index in [1.807, 2.05) is 6.08 Å². The molecule has 0 amide bonds. The highest BCUT2D eigenvalue weighted by Crippen LogP contribution is 2.25. The van der Waals surface area contributed by atoms with Gasteiger partial charge in [-0.25, -0.2) is 0 Å². The zero-order chi connectivity index (χ0) is 14.1. The van der Waals surface area contributed by atoms with Gasteiger partial charge in [-0.15, -0.1) is 0 Å². The van der Waals surface area contributed by atoms with Gasteiger partial charge in [0.15, 0.2) is 5.65 Å². The van der Waals surface area contributed by atoms with Crippen molar-refractivity contribution in [3.8, 4) is 6.07 Å². The number of hydrogen-bond donors (Lipinski definition) is 3. The number of rotatable bonds is 2. The molecule has 20 heavy (non-hydrogen) atoms. The molecule has 6 nitrogen and oxygen atoms in total. The van der Waals surface area contributed by atoms with E-state index >= 15 is 0 Å². The van der Waals surface area contributed by atoms with Gasteiger partial charge < -0.3 is 5.32 Å². The largest absolute Gasteiger partial charge is 0.340 e. The first-order chi connectivity index (χ1) is 9.67. The summed E-state index contributed by atoms with van der Waals surface area (Å²) in [4.78, 5) is 8.22. The Bertz CT molecular complexity index is 838. The van der Waals surface area contributed by atoms with Crippen LogP contribution in [0.5, 0.6) is 0 Å². The number of aromatic nitrogens is 4. The number of aromatic amines is 2. The molecule has 0 aliphatic heterocycles. The summed E-state index contributed by atoms with van der Waals surface area (Å²) in [7, 11) is 0. The summed E-state index contributed by atoms with van der Waals surface area (Å²) in [5.74, 6) is 0.518. The van der Waals surface area contributed by atoms with E-state index < -0.39 is 0 Å². The predicted molar refractivity (Wildman–Crippen MR) is 78.7 cm³/mol. The van der Waals surface area contributed by atoms with E-state index in [1.165, 1.54) is 0 Å². The molecule has 2 aromatic heterocycles. The van der Waals surface area contributed by atoms with Crippen molar-refractivity contribution in [2.45, 2.75) is 12.8 Å². The van der Waals surface area contributed by atoms with Crippen LogP contribution >= 0.6 is 23.8 Å². The smallest absolute Gasteiger partial charge is 0.226 e. The van der Waals surface area contributed by atoms with Gasteiger partial charge in [0, 0.05) is 11.3 Å². The molecular formula is C12H9ClN6S. The van der Waals surface area contributed by atoms with Gasteiger partial charge in [0.05, 0.1) is 11.5 Å². The average Bonchev–Trinajstić information content (AvgIpc) is 2.80. The van der Waals surface area contributed by atoms with Crippen LogP contribution in [-0.4, -0.2) is 20.2 Å². The van der Waals surface area contributed by atoms with Crippen LogP contribution in [0.2, 0.25) is 5.28 Å². The Balaban J connectivity index is 2.06. The Labute approximate surface area is 124 Å². The van der Waals surface area contributed by atoms with Gasteiger partial charge in [-0.05, 0) is 30.5 Å². The molecule has 1 aliphatic carbocycles.